The van der Waals surface area contributed by atoms with Gasteiger partial charge in [0.15, 0.2) is 0 Å². The van der Waals surface area contributed by atoms with Crippen LogP contribution in [0.3, 0.4) is 0 Å². The van der Waals surface area contributed by atoms with Gasteiger partial charge in [0.2, 0.25) is 0 Å². The molecule has 0 radical (unpaired) electrons. The Morgan fingerprint density at radius 2 is 1.93 bits per heavy atom. The summed E-state index contributed by atoms with van der Waals surface area (Å²) in [5.41, 5.74) is 2.73. The van der Waals surface area contributed by atoms with E-state index in [2.05, 4.69) is 4.98 Å². The second kappa shape index (κ2) is 5.25. The summed E-state index contributed by atoms with van der Waals surface area (Å²) in [6.07, 6.45) is 2.67. The van der Waals surface area contributed by atoms with Gasteiger partial charge in [-0.15, -0.1) is 0 Å². The maximum Gasteiger partial charge on any atom is 0.150 e. The van der Waals surface area contributed by atoms with Crippen LogP contribution in [0.5, 0.6) is 0 Å². The maximum atomic E-state index is 10.5. The molecule has 2 rings (SSSR count). The summed E-state index contributed by atoms with van der Waals surface area (Å²) in [5, 5.41) is 1.02. The van der Waals surface area contributed by atoms with Crippen molar-refractivity contribution in [2.75, 3.05) is 0 Å². The molecule has 2 heteroatoms. The molecule has 0 saturated carbocycles. The predicted octanol–water partition coefficient (Wildman–Crippen LogP) is 3.38. The Morgan fingerprint density at radius 1 is 1.20 bits per heavy atom. The smallest absolute Gasteiger partial charge is 0.150 e. The fraction of sp³-hybridized carbons (Fsp3) is 0.231. The van der Waals surface area contributed by atoms with Crippen LogP contribution in [-0.2, 0) is 0 Å². The molecular weight excluding hydrogens is 186 g/mol. The number of hydrogen-bond acceptors (Lipinski definition) is 2. The van der Waals surface area contributed by atoms with Gasteiger partial charge in [0.1, 0.15) is 6.29 Å². The first-order valence-electron chi connectivity index (χ1n) is 5.11. The molecule has 0 bridgehead atoms. The van der Waals surface area contributed by atoms with Crippen LogP contribution in [-0.4, -0.2) is 11.3 Å². The zero-order valence-corrected chi connectivity index (χ0v) is 9.32. The number of benzene rings is 1. The predicted molar refractivity (Wildman–Crippen MR) is 63.2 cm³/mol. The van der Waals surface area contributed by atoms with Crippen molar-refractivity contribution in [2.45, 2.75) is 20.8 Å². The summed E-state index contributed by atoms with van der Waals surface area (Å²) in [5.74, 6) is 0. The standard InChI is InChI=1S/C11H9NO.C2H6/c1-8-4-10-5-9(7-13)2-3-11(10)12-6-8;1-2/h2-7H,1H3;1-2H3. The number of aromatic nitrogens is 1. The van der Waals surface area contributed by atoms with Crippen LogP contribution in [0.1, 0.15) is 29.8 Å². The Kier molecular flexibility index (Phi) is 3.98. The topological polar surface area (TPSA) is 30.0 Å². The van der Waals surface area contributed by atoms with E-state index in [0.717, 1.165) is 22.8 Å². The van der Waals surface area contributed by atoms with Crippen molar-refractivity contribution in [2.24, 2.45) is 0 Å². The van der Waals surface area contributed by atoms with Gasteiger partial charge in [-0.2, -0.15) is 0 Å². The first-order chi connectivity index (χ1) is 7.29. The van der Waals surface area contributed by atoms with Crippen LogP contribution in [0.25, 0.3) is 10.9 Å². The lowest BCUT2D eigenvalue weighted by Crippen LogP contribution is -1.84. The molecule has 0 aliphatic rings. The number of fused-ring (bicyclic) bond motifs is 1. The second-order valence-corrected chi connectivity index (χ2v) is 3.08. The van der Waals surface area contributed by atoms with Gasteiger partial charge < -0.3 is 0 Å². The summed E-state index contributed by atoms with van der Waals surface area (Å²) in [7, 11) is 0. The summed E-state index contributed by atoms with van der Waals surface area (Å²) in [6, 6.07) is 7.51. The summed E-state index contributed by atoms with van der Waals surface area (Å²) < 4.78 is 0. The monoisotopic (exact) mass is 201 g/mol. The molecule has 1 aromatic carbocycles. The number of pyridine rings is 1. The van der Waals surface area contributed by atoms with Gasteiger partial charge in [0.05, 0.1) is 5.52 Å². The average molecular weight is 201 g/mol. The number of aryl methyl sites for hydroxylation is 1. The number of aldehydes is 1. The van der Waals surface area contributed by atoms with Crippen molar-refractivity contribution >= 4 is 17.2 Å². The van der Waals surface area contributed by atoms with Crippen molar-refractivity contribution in [1.82, 2.24) is 4.98 Å². The van der Waals surface area contributed by atoms with E-state index in [9.17, 15) is 4.79 Å². The molecule has 0 aliphatic heterocycles. The molecule has 0 saturated heterocycles. The number of carbonyl (C=O) groups is 1. The summed E-state index contributed by atoms with van der Waals surface area (Å²) >= 11 is 0. The minimum Gasteiger partial charge on any atom is -0.298 e. The minimum absolute atomic E-state index is 0.694. The number of carbonyl (C=O) groups excluding carboxylic acids is 1. The number of hydrogen-bond donors (Lipinski definition) is 0. The SMILES string of the molecule is CC.Cc1cnc2ccc(C=O)cc2c1. The van der Waals surface area contributed by atoms with Crippen molar-refractivity contribution < 1.29 is 4.79 Å². The Labute approximate surface area is 90.0 Å². The lowest BCUT2D eigenvalue weighted by atomic mass is 10.1. The van der Waals surface area contributed by atoms with Gasteiger partial charge in [-0.3, -0.25) is 9.78 Å². The van der Waals surface area contributed by atoms with Gasteiger partial charge in [-0.1, -0.05) is 13.8 Å². The zero-order chi connectivity index (χ0) is 11.3. The van der Waals surface area contributed by atoms with E-state index in [1.165, 1.54) is 0 Å². The molecule has 2 aromatic rings. The minimum atomic E-state index is 0.694. The fourth-order valence-electron chi connectivity index (χ4n) is 1.33. The highest BCUT2D eigenvalue weighted by molar-refractivity contribution is 5.86. The first kappa shape index (κ1) is 11.4. The molecule has 0 fully saturated rings. The lowest BCUT2D eigenvalue weighted by Gasteiger charge is -1.98. The van der Waals surface area contributed by atoms with Gasteiger partial charge in [0.25, 0.3) is 0 Å². The van der Waals surface area contributed by atoms with Crippen LogP contribution in [0, 0.1) is 6.92 Å². The lowest BCUT2D eigenvalue weighted by molar-refractivity contribution is 0.112. The third kappa shape index (κ3) is 2.62. The highest BCUT2D eigenvalue weighted by atomic mass is 16.1. The van der Waals surface area contributed by atoms with E-state index in [4.69, 9.17) is 0 Å². The van der Waals surface area contributed by atoms with Crippen LogP contribution in [0.4, 0.5) is 0 Å². The van der Waals surface area contributed by atoms with Gasteiger partial charge in [-0.05, 0) is 36.8 Å². The number of nitrogens with zero attached hydrogens (tertiary/aromatic N) is 1. The highest BCUT2D eigenvalue weighted by Crippen LogP contribution is 2.13. The Hall–Kier alpha value is -1.70. The molecular formula is C13H15NO. The van der Waals surface area contributed by atoms with Gasteiger partial charge >= 0.3 is 0 Å². The van der Waals surface area contributed by atoms with E-state index in [1.54, 1.807) is 6.07 Å². The molecule has 0 spiro atoms. The quantitative estimate of drug-likeness (QED) is 0.662. The fourth-order valence-corrected chi connectivity index (χ4v) is 1.33. The van der Waals surface area contributed by atoms with Crippen molar-refractivity contribution in [3.8, 4) is 0 Å². The molecule has 0 N–H and O–H groups in total. The normalized spacial score (nSPS) is 9.27. The maximum absolute atomic E-state index is 10.5. The molecule has 0 unspecified atom stereocenters. The van der Waals surface area contributed by atoms with Crippen molar-refractivity contribution in [3.05, 3.63) is 41.6 Å². The van der Waals surface area contributed by atoms with E-state index >= 15 is 0 Å². The third-order valence-electron chi connectivity index (χ3n) is 1.98. The number of rotatable bonds is 1. The molecule has 2 nitrogen and oxygen atoms in total. The van der Waals surface area contributed by atoms with E-state index in [0.29, 0.717) is 5.56 Å². The summed E-state index contributed by atoms with van der Waals surface area (Å²) in [6.45, 7) is 5.99. The van der Waals surface area contributed by atoms with Crippen LogP contribution >= 0.6 is 0 Å². The highest BCUT2D eigenvalue weighted by Gasteiger charge is 1.96. The third-order valence-corrected chi connectivity index (χ3v) is 1.98. The van der Waals surface area contributed by atoms with Gasteiger partial charge in [0, 0.05) is 17.1 Å². The molecule has 1 aromatic heterocycles. The molecule has 15 heavy (non-hydrogen) atoms. The average Bonchev–Trinajstić information content (AvgIpc) is 2.30. The van der Waals surface area contributed by atoms with Crippen LogP contribution < -0.4 is 0 Å². The summed E-state index contributed by atoms with van der Waals surface area (Å²) in [4.78, 5) is 14.8. The molecule has 0 atom stereocenters. The molecule has 0 amide bonds. The van der Waals surface area contributed by atoms with Gasteiger partial charge in [-0.25, -0.2) is 0 Å². The van der Waals surface area contributed by atoms with Crippen LogP contribution in [0.2, 0.25) is 0 Å². The Bertz CT molecular complexity index is 463. The molecule has 78 valence electrons. The largest absolute Gasteiger partial charge is 0.298 e. The Morgan fingerprint density at radius 3 is 2.60 bits per heavy atom. The Balaban J connectivity index is 0.000000531. The van der Waals surface area contributed by atoms with E-state index in [1.807, 2.05) is 45.2 Å². The van der Waals surface area contributed by atoms with E-state index in [-0.39, 0.29) is 0 Å². The van der Waals surface area contributed by atoms with Crippen molar-refractivity contribution in [3.63, 3.8) is 0 Å². The molecule has 0 aliphatic carbocycles. The van der Waals surface area contributed by atoms with Crippen molar-refractivity contribution in [1.29, 1.82) is 0 Å². The second-order valence-electron chi connectivity index (χ2n) is 3.08. The zero-order valence-electron chi connectivity index (χ0n) is 9.32. The first-order valence-corrected chi connectivity index (χ1v) is 5.11. The van der Waals surface area contributed by atoms with Crippen LogP contribution in [0.15, 0.2) is 30.5 Å². The van der Waals surface area contributed by atoms with E-state index < -0.39 is 0 Å². The molecule has 1 heterocycles.